The highest BCUT2D eigenvalue weighted by Gasteiger charge is 2.22. The number of carbonyl (C=O) groups excluding carboxylic acids is 2. The van der Waals surface area contributed by atoms with Crippen LogP contribution >= 0.6 is 22.9 Å². The molecule has 0 aliphatic rings. The third-order valence-electron chi connectivity index (χ3n) is 4.31. The molecule has 0 bridgehead atoms. The summed E-state index contributed by atoms with van der Waals surface area (Å²) < 4.78 is 0. The van der Waals surface area contributed by atoms with Gasteiger partial charge in [0.15, 0.2) is 0 Å². The van der Waals surface area contributed by atoms with Gasteiger partial charge in [0.2, 0.25) is 11.8 Å². The Hall–Kier alpha value is -2.63. The molecule has 0 radical (unpaired) electrons. The quantitative estimate of drug-likeness (QED) is 0.581. The van der Waals surface area contributed by atoms with Crippen LogP contribution in [0.15, 0.2) is 72.1 Å². The fourth-order valence-corrected chi connectivity index (χ4v) is 3.95. The first-order valence-corrected chi connectivity index (χ1v) is 10.2. The normalized spacial score (nSPS) is 12.8. The third kappa shape index (κ3) is 5.44. The Bertz CT molecular complexity index is 911. The second kappa shape index (κ2) is 9.53. The second-order valence-corrected chi connectivity index (χ2v) is 7.85. The van der Waals surface area contributed by atoms with Crippen molar-refractivity contribution in [2.75, 3.05) is 0 Å². The van der Waals surface area contributed by atoms with Crippen LogP contribution in [-0.2, 0) is 9.59 Å². The molecular formula is C22H21ClN2O2S. The zero-order valence-electron chi connectivity index (χ0n) is 15.4. The first kappa shape index (κ1) is 20.1. The summed E-state index contributed by atoms with van der Waals surface area (Å²) in [5.74, 6) is -0.332. The van der Waals surface area contributed by atoms with Gasteiger partial charge in [0.05, 0.1) is 18.5 Å². The van der Waals surface area contributed by atoms with Gasteiger partial charge < -0.3 is 10.6 Å². The van der Waals surface area contributed by atoms with E-state index in [0.29, 0.717) is 5.02 Å². The van der Waals surface area contributed by atoms with Gasteiger partial charge in [0.25, 0.3) is 0 Å². The van der Waals surface area contributed by atoms with Crippen molar-refractivity contribution in [3.05, 3.63) is 93.1 Å². The van der Waals surface area contributed by atoms with Gasteiger partial charge in [-0.05, 0) is 34.7 Å². The molecule has 28 heavy (non-hydrogen) atoms. The average Bonchev–Trinajstić information content (AvgIpc) is 3.21. The van der Waals surface area contributed by atoms with Crippen LogP contribution in [0, 0.1) is 0 Å². The molecule has 0 saturated heterocycles. The topological polar surface area (TPSA) is 58.2 Å². The van der Waals surface area contributed by atoms with E-state index in [9.17, 15) is 9.59 Å². The number of carbonyl (C=O) groups is 2. The minimum absolute atomic E-state index is 0.135. The molecule has 1 heterocycles. The molecule has 0 saturated carbocycles. The van der Waals surface area contributed by atoms with Gasteiger partial charge in [-0.25, -0.2) is 0 Å². The van der Waals surface area contributed by atoms with E-state index in [1.165, 1.54) is 6.92 Å². The van der Waals surface area contributed by atoms with Crippen LogP contribution in [-0.4, -0.2) is 11.8 Å². The van der Waals surface area contributed by atoms with Crippen molar-refractivity contribution in [3.8, 4) is 0 Å². The number of halogens is 1. The van der Waals surface area contributed by atoms with Gasteiger partial charge in [-0.3, -0.25) is 9.59 Å². The van der Waals surface area contributed by atoms with Crippen molar-refractivity contribution < 1.29 is 9.59 Å². The van der Waals surface area contributed by atoms with E-state index in [0.717, 1.165) is 16.0 Å². The van der Waals surface area contributed by atoms with Crippen molar-refractivity contribution >= 4 is 34.8 Å². The van der Waals surface area contributed by atoms with Crippen LogP contribution in [0.3, 0.4) is 0 Å². The zero-order chi connectivity index (χ0) is 19.9. The van der Waals surface area contributed by atoms with Gasteiger partial charge >= 0.3 is 0 Å². The Labute approximate surface area is 173 Å². The van der Waals surface area contributed by atoms with Crippen molar-refractivity contribution in [3.63, 3.8) is 0 Å². The van der Waals surface area contributed by atoms with Crippen LogP contribution < -0.4 is 10.6 Å². The highest BCUT2D eigenvalue weighted by atomic mass is 35.5. The molecule has 0 aliphatic carbocycles. The largest absolute Gasteiger partial charge is 0.349 e. The van der Waals surface area contributed by atoms with Crippen LogP contribution in [0.4, 0.5) is 0 Å². The summed E-state index contributed by atoms with van der Waals surface area (Å²) in [4.78, 5) is 25.6. The Morgan fingerprint density at radius 2 is 1.64 bits per heavy atom. The van der Waals surface area contributed by atoms with E-state index in [4.69, 9.17) is 11.6 Å². The fraction of sp³-hybridized carbons (Fsp3) is 0.182. The lowest BCUT2D eigenvalue weighted by atomic mass is 10.0. The number of amides is 2. The first-order valence-electron chi connectivity index (χ1n) is 8.93. The molecule has 2 aromatic carbocycles. The number of rotatable bonds is 7. The van der Waals surface area contributed by atoms with Gasteiger partial charge in [-0.2, -0.15) is 0 Å². The fourth-order valence-electron chi connectivity index (χ4n) is 3.02. The lowest BCUT2D eigenvalue weighted by Crippen LogP contribution is -2.34. The molecule has 3 rings (SSSR count). The van der Waals surface area contributed by atoms with Crippen molar-refractivity contribution in [1.29, 1.82) is 0 Å². The maximum Gasteiger partial charge on any atom is 0.223 e. The highest BCUT2D eigenvalue weighted by molar-refractivity contribution is 7.10. The minimum atomic E-state index is -0.422. The summed E-state index contributed by atoms with van der Waals surface area (Å²) in [7, 11) is 0. The van der Waals surface area contributed by atoms with Crippen LogP contribution in [0.5, 0.6) is 0 Å². The lowest BCUT2D eigenvalue weighted by molar-refractivity contribution is -0.123. The highest BCUT2D eigenvalue weighted by Crippen LogP contribution is 2.27. The second-order valence-electron chi connectivity index (χ2n) is 6.44. The lowest BCUT2D eigenvalue weighted by Gasteiger charge is -2.22. The van der Waals surface area contributed by atoms with E-state index in [1.807, 2.05) is 60.0 Å². The van der Waals surface area contributed by atoms with E-state index >= 15 is 0 Å². The first-order chi connectivity index (χ1) is 13.5. The Morgan fingerprint density at radius 1 is 0.929 bits per heavy atom. The number of hydrogen-bond acceptors (Lipinski definition) is 3. The van der Waals surface area contributed by atoms with Crippen LogP contribution in [0.1, 0.15) is 41.4 Å². The van der Waals surface area contributed by atoms with Crippen molar-refractivity contribution in [2.45, 2.75) is 25.4 Å². The molecule has 2 N–H and O–H groups in total. The summed E-state index contributed by atoms with van der Waals surface area (Å²) in [6.45, 7) is 1.44. The molecule has 0 fully saturated rings. The smallest absolute Gasteiger partial charge is 0.223 e. The predicted molar refractivity (Wildman–Crippen MR) is 113 cm³/mol. The van der Waals surface area contributed by atoms with Crippen LogP contribution in [0.25, 0.3) is 0 Å². The van der Waals surface area contributed by atoms with Gasteiger partial charge in [0, 0.05) is 16.8 Å². The molecule has 144 valence electrons. The van der Waals surface area contributed by atoms with E-state index in [-0.39, 0.29) is 24.3 Å². The maximum atomic E-state index is 12.9. The summed E-state index contributed by atoms with van der Waals surface area (Å²) in [5, 5.41) is 8.57. The van der Waals surface area contributed by atoms with Gasteiger partial charge in [0.1, 0.15) is 0 Å². The predicted octanol–water partition coefficient (Wildman–Crippen LogP) is 4.87. The molecule has 2 atom stereocenters. The van der Waals surface area contributed by atoms with Crippen molar-refractivity contribution in [1.82, 2.24) is 10.6 Å². The molecule has 3 aromatic rings. The molecule has 2 amide bonds. The van der Waals surface area contributed by atoms with E-state index < -0.39 is 6.04 Å². The molecule has 0 spiro atoms. The van der Waals surface area contributed by atoms with E-state index in [1.54, 1.807) is 23.5 Å². The number of hydrogen-bond donors (Lipinski definition) is 2. The average molecular weight is 413 g/mol. The SMILES string of the molecule is CC(=O)NC(CC(=O)NC(c1ccccc1)c1cccs1)c1ccc(Cl)cc1. The molecule has 4 nitrogen and oxygen atoms in total. The Kier molecular flexibility index (Phi) is 6.85. The van der Waals surface area contributed by atoms with E-state index in [2.05, 4.69) is 10.6 Å². The number of benzene rings is 2. The number of nitrogens with one attached hydrogen (secondary N) is 2. The Morgan fingerprint density at radius 3 is 2.25 bits per heavy atom. The third-order valence-corrected chi connectivity index (χ3v) is 5.49. The van der Waals surface area contributed by atoms with Gasteiger partial charge in [-0.1, -0.05) is 60.1 Å². The standard InChI is InChI=1S/C22H21ClN2O2S/c1-15(26)24-19(16-9-11-18(23)12-10-16)14-21(27)25-22(20-8-5-13-28-20)17-6-3-2-4-7-17/h2-13,19,22H,14H2,1H3,(H,24,26)(H,25,27). The monoisotopic (exact) mass is 412 g/mol. The number of thiophene rings is 1. The molecular weight excluding hydrogens is 392 g/mol. The van der Waals surface area contributed by atoms with Gasteiger partial charge in [-0.15, -0.1) is 11.3 Å². The molecule has 6 heteroatoms. The molecule has 2 unspecified atom stereocenters. The van der Waals surface area contributed by atoms with Crippen LogP contribution in [0.2, 0.25) is 5.02 Å². The minimum Gasteiger partial charge on any atom is -0.349 e. The summed E-state index contributed by atoms with van der Waals surface area (Å²) in [5.41, 5.74) is 1.85. The maximum absolute atomic E-state index is 12.9. The Balaban J connectivity index is 1.78. The summed E-state index contributed by atoms with van der Waals surface area (Å²) in [6.07, 6.45) is 0.135. The summed E-state index contributed by atoms with van der Waals surface area (Å²) >= 11 is 7.55. The zero-order valence-corrected chi connectivity index (χ0v) is 17.0. The molecule has 0 aliphatic heterocycles. The molecule has 1 aromatic heterocycles. The summed E-state index contributed by atoms with van der Waals surface area (Å²) in [6, 6.07) is 20.3. The van der Waals surface area contributed by atoms with Crippen molar-refractivity contribution in [2.24, 2.45) is 0 Å².